The number of carbonyl (C=O) groups excluding carboxylic acids is 1. The highest BCUT2D eigenvalue weighted by molar-refractivity contribution is 5.77. The first-order chi connectivity index (χ1) is 5.22. The average Bonchev–Trinajstić information content (AvgIpc) is 2.03. The van der Waals surface area contributed by atoms with Crippen molar-refractivity contribution in [3.05, 3.63) is 0 Å². The fraction of sp³-hybridized carbons (Fsp3) is 0.875. The summed E-state index contributed by atoms with van der Waals surface area (Å²) in [5.74, 6) is 0.258. The Kier molecular flexibility index (Phi) is 5.84. The van der Waals surface area contributed by atoms with Crippen LogP contribution in [0.25, 0.3) is 0 Å². The summed E-state index contributed by atoms with van der Waals surface area (Å²) in [4.78, 5) is 11.0. The van der Waals surface area contributed by atoms with Gasteiger partial charge in [-0.3, -0.25) is 4.79 Å². The maximum absolute atomic E-state index is 11.0. The van der Waals surface area contributed by atoms with Gasteiger partial charge in [-0.25, -0.2) is 0 Å². The lowest BCUT2D eigenvalue weighted by Gasteiger charge is -2.08. The van der Waals surface area contributed by atoms with E-state index in [1.165, 1.54) is 0 Å². The molecule has 0 aliphatic heterocycles. The minimum atomic E-state index is 0.127. The lowest BCUT2D eigenvalue weighted by molar-refractivity contribution is -0.124. The van der Waals surface area contributed by atoms with E-state index in [1.807, 2.05) is 6.92 Å². The fourth-order valence-electron chi connectivity index (χ4n) is 0.972. The summed E-state index contributed by atoms with van der Waals surface area (Å²) < 4.78 is 0. The second kappa shape index (κ2) is 6.16. The third kappa shape index (κ3) is 4.79. The zero-order chi connectivity index (χ0) is 8.69. The van der Waals surface area contributed by atoms with Crippen LogP contribution in [0.3, 0.4) is 0 Å². The standard InChI is InChI=1S/C8H18N2O/c1-7(8(11)10-2)5-3-4-6-9/h7H,3-6,9H2,1-2H3,(H,10,11). The van der Waals surface area contributed by atoms with E-state index in [0.717, 1.165) is 25.8 Å². The Labute approximate surface area is 68.3 Å². The first kappa shape index (κ1) is 10.4. The van der Waals surface area contributed by atoms with Crippen molar-refractivity contribution in [2.24, 2.45) is 11.7 Å². The van der Waals surface area contributed by atoms with Crippen molar-refractivity contribution in [2.75, 3.05) is 13.6 Å². The van der Waals surface area contributed by atoms with Gasteiger partial charge >= 0.3 is 0 Å². The number of unbranched alkanes of at least 4 members (excludes halogenated alkanes) is 1. The van der Waals surface area contributed by atoms with Crippen molar-refractivity contribution < 1.29 is 4.79 Å². The molecule has 11 heavy (non-hydrogen) atoms. The van der Waals surface area contributed by atoms with Crippen molar-refractivity contribution in [1.29, 1.82) is 0 Å². The Bertz CT molecular complexity index is 115. The molecule has 0 aliphatic carbocycles. The van der Waals surface area contributed by atoms with Crippen LogP contribution in [0.2, 0.25) is 0 Å². The highest BCUT2D eigenvalue weighted by Crippen LogP contribution is 2.06. The zero-order valence-electron chi connectivity index (χ0n) is 7.39. The van der Waals surface area contributed by atoms with Gasteiger partial charge in [0.15, 0.2) is 0 Å². The average molecular weight is 158 g/mol. The highest BCUT2D eigenvalue weighted by atomic mass is 16.1. The Morgan fingerprint density at radius 1 is 1.55 bits per heavy atom. The molecule has 66 valence electrons. The molecular weight excluding hydrogens is 140 g/mol. The summed E-state index contributed by atoms with van der Waals surface area (Å²) in [6.45, 7) is 2.66. The van der Waals surface area contributed by atoms with E-state index in [-0.39, 0.29) is 11.8 Å². The molecule has 0 radical (unpaired) electrons. The van der Waals surface area contributed by atoms with E-state index >= 15 is 0 Å². The number of rotatable bonds is 5. The van der Waals surface area contributed by atoms with Crippen molar-refractivity contribution in [3.63, 3.8) is 0 Å². The molecule has 3 N–H and O–H groups in total. The van der Waals surface area contributed by atoms with Gasteiger partial charge in [0.2, 0.25) is 5.91 Å². The maximum atomic E-state index is 11.0. The van der Waals surface area contributed by atoms with E-state index in [4.69, 9.17) is 5.73 Å². The third-order valence-electron chi connectivity index (χ3n) is 1.79. The highest BCUT2D eigenvalue weighted by Gasteiger charge is 2.08. The summed E-state index contributed by atoms with van der Waals surface area (Å²) in [5, 5.41) is 2.62. The zero-order valence-corrected chi connectivity index (χ0v) is 7.39. The Morgan fingerprint density at radius 3 is 2.64 bits per heavy atom. The molecule has 0 aliphatic rings. The molecule has 0 aromatic heterocycles. The van der Waals surface area contributed by atoms with Crippen LogP contribution in [0.4, 0.5) is 0 Å². The summed E-state index contributed by atoms with van der Waals surface area (Å²) in [7, 11) is 1.67. The fourth-order valence-corrected chi connectivity index (χ4v) is 0.972. The molecule has 0 rings (SSSR count). The van der Waals surface area contributed by atoms with Crippen molar-refractivity contribution in [1.82, 2.24) is 5.32 Å². The van der Waals surface area contributed by atoms with Crippen LogP contribution >= 0.6 is 0 Å². The van der Waals surface area contributed by atoms with E-state index in [9.17, 15) is 4.79 Å². The summed E-state index contributed by atoms with van der Waals surface area (Å²) >= 11 is 0. The van der Waals surface area contributed by atoms with E-state index in [0.29, 0.717) is 0 Å². The Hall–Kier alpha value is -0.570. The SMILES string of the molecule is CNC(=O)C(C)CCCCN. The van der Waals surface area contributed by atoms with Gasteiger partial charge in [0, 0.05) is 13.0 Å². The van der Waals surface area contributed by atoms with Crippen molar-refractivity contribution in [2.45, 2.75) is 26.2 Å². The first-order valence-electron chi connectivity index (χ1n) is 4.14. The molecule has 0 saturated carbocycles. The molecule has 1 atom stereocenters. The largest absolute Gasteiger partial charge is 0.359 e. The number of hydrogen-bond acceptors (Lipinski definition) is 2. The summed E-state index contributed by atoms with van der Waals surface area (Å²) in [6, 6.07) is 0. The van der Waals surface area contributed by atoms with Gasteiger partial charge in [0.25, 0.3) is 0 Å². The number of nitrogens with one attached hydrogen (secondary N) is 1. The quantitative estimate of drug-likeness (QED) is 0.572. The predicted octanol–water partition coefficient (Wildman–Crippen LogP) is 0.497. The molecule has 0 saturated heterocycles. The van der Waals surface area contributed by atoms with E-state index in [2.05, 4.69) is 5.32 Å². The van der Waals surface area contributed by atoms with Crippen LogP contribution in [0, 0.1) is 5.92 Å². The van der Waals surface area contributed by atoms with Crippen LogP contribution < -0.4 is 11.1 Å². The molecule has 0 fully saturated rings. The van der Waals surface area contributed by atoms with Gasteiger partial charge in [0.1, 0.15) is 0 Å². The predicted molar refractivity (Wildman–Crippen MR) is 46.1 cm³/mol. The number of amides is 1. The van der Waals surface area contributed by atoms with Gasteiger partial charge < -0.3 is 11.1 Å². The minimum absolute atomic E-state index is 0.127. The van der Waals surface area contributed by atoms with Gasteiger partial charge in [-0.15, -0.1) is 0 Å². The molecule has 0 heterocycles. The molecule has 0 aromatic rings. The topological polar surface area (TPSA) is 55.1 Å². The molecule has 0 spiro atoms. The molecule has 3 nitrogen and oxygen atoms in total. The normalized spacial score (nSPS) is 12.6. The second-order valence-electron chi connectivity index (χ2n) is 2.80. The van der Waals surface area contributed by atoms with Gasteiger partial charge in [-0.05, 0) is 19.4 Å². The van der Waals surface area contributed by atoms with Crippen LogP contribution in [0.15, 0.2) is 0 Å². The molecule has 0 bridgehead atoms. The van der Waals surface area contributed by atoms with Crippen LogP contribution in [-0.4, -0.2) is 19.5 Å². The maximum Gasteiger partial charge on any atom is 0.222 e. The lowest BCUT2D eigenvalue weighted by Crippen LogP contribution is -2.25. The van der Waals surface area contributed by atoms with Gasteiger partial charge in [-0.1, -0.05) is 13.3 Å². The molecule has 3 heteroatoms. The number of hydrogen-bond donors (Lipinski definition) is 2. The van der Waals surface area contributed by atoms with Gasteiger partial charge in [0.05, 0.1) is 0 Å². The monoisotopic (exact) mass is 158 g/mol. The smallest absolute Gasteiger partial charge is 0.222 e. The molecular formula is C8H18N2O. The van der Waals surface area contributed by atoms with Crippen LogP contribution in [0.1, 0.15) is 26.2 Å². The molecule has 1 unspecified atom stereocenters. The van der Waals surface area contributed by atoms with Crippen molar-refractivity contribution >= 4 is 5.91 Å². The lowest BCUT2D eigenvalue weighted by atomic mass is 10.0. The summed E-state index contributed by atoms with van der Waals surface area (Å²) in [5.41, 5.74) is 5.32. The van der Waals surface area contributed by atoms with Gasteiger partial charge in [-0.2, -0.15) is 0 Å². The first-order valence-corrected chi connectivity index (χ1v) is 4.14. The van der Waals surface area contributed by atoms with E-state index < -0.39 is 0 Å². The second-order valence-corrected chi connectivity index (χ2v) is 2.80. The third-order valence-corrected chi connectivity index (χ3v) is 1.79. The number of carbonyl (C=O) groups is 1. The summed E-state index contributed by atoms with van der Waals surface area (Å²) in [6.07, 6.45) is 3.00. The molecule has 0 aromatic carbocycles. The minimum Gasteiger partial charge on any atom is -0.359 e. The number of nitrogens with two attached hydrogens (primary N) is 1. The Balaban J connectivity index is 3.36. The molecule has 1 amide bonds. The van der Waals surface area contributed by atoms with Crippen LogP contribution in [-0.2, 0) is 4.79 Å². The Morgan fingerprint density at radius 2 is 2.18 bits per heavy atom. The van der Waals surface area contributed by atoms with Crippen molar-refractivity contribution in [3.8, 4) is 0 Å². The van der Waals surface area contributed by atoms with E-state index in [1.54, 1.807) is 7.05 Å². The van der Waals surface area contributed by atoms with Crippen LogP contribution in [0.5, 0.6) is 0 Å².